The Hall–Kier alpha value is -3.22. The maximum absolute atomic E-state index is 11.5. The van der Waals surface area contributed by atoms with E-state index in [2.05, 4.69) is 4.74 Å². The van der Waals surface area contributed by atoms with E-state index in [-0.39, 0.29) is 5.56 Å². The molecule has 0 aliphatic carbocycles. The number of hydrogen-bond acceptors (Lipinski definition) is 6. The average Bonchev–Trinajstić information content (AvgIpc) is 2.85. The fourth-order valence-electron chi connectivity index (χ4n) is 1.80. The lowest BCUT2D eigenvalue weighted by molar-refractivity contribution is -0.149. The largest absolute Gasteiger partial charge is 0.507 e. The van der Waals surface area contributed by atoms with E-state index in [9.17, 15) is 24.3 Å². The van der Waals surface area contributed by atoms with Crippen molar-refractivity contribution in [2.24, 2.45) is 0 Å². The van der Waals surface area contributed by atoms with Gasteiger partial charge in [0.25, 0.3) is 17.6 Å². The Kier molecular flexibility index (Phi) is 4.17. The van der Waals surface area contributed by atoms with Crippen LogP contribution in [-0.4, -0.2) is 35.8 Å². The Bertz CT molecular complexity index is 696. The number of anilines is 1. The van der Waals surface area contributed by atoms with Crippen LogP contribution in [-0.2, 0) is 23.9 Å². The lowest BCUT2D eigenvalue weighted by Gasteiger charge is -2.13. The number of ether oxygens (including phenoxy) is 1. The first-order valence-corrected chi connectivity index (χ1v) is 6.13. The van der Waals surface area contributed by atoms with Crippen LogP contribution in [0.25, 0.3) is 5.76 Å². The molecule has 7 nitrogen and oxygen atoms in total. The van der Waals surface area contributed by atoms with Gasteiger partial charge in [-0.2, -0.15) is 0 Å². The number of aliphatic hydroxyl groups is 1. The lowest BCUT2D eigenvalue weighted by Crippen LogP contribution is -2.29. The predicted molar refractivity (Wildman–Crippen MR) is 75.7 cm³/mol. The zero-order valence-electron chi connectivity index (χ0n) is 11.5. The topological polar surface area (TPSA) is 101 Å². The zero-order valence-corrected chi connectivity index (χ0v) is 11.5. The first-order valence-electron chi connectivity index (χ1n) is 6.13. The molecule has 0 spiro atoms. The number of methoxy groups -OCH3 is 1. The van der Waals surface area contributed by atoms with E-state index in [4.69, 9.17) is 0 Å². The molecule has 0 fully saturated rings. The van der Waals surface area contributed by atoms with E-state index in [1.807, 2.05) is 0 Å². The number of esters is 1. The Morgan fingerprint density at radius 2 is 1.64 bits per heavy atom. The molecule has 1 heterocycles. The SMILES string of the molecule is COC(=O)C(=O)C=C(O)c1ccc(N2C(=O)C=CC2=O)cc1. The minimum Gasteiger partial charge on any atom is -0.507 e. The van der Waals surface area contributed by atoms with E-state index in [1.165, 1.54) is 24.3 Å². The van der Waals surface area contributed by atoms with Crippen molar-refractivity contribution in [1.29, 1.82) is 0 Å². The lowest BCUT2D eigenvalue weighted by atomic mass is 10.1. The van der Waals surface area contributed by atoms with Gasteiger partial charge in [0.05, 0.1) is 12.8 Å². The summed E-state index contributed by atoms with van der Waals surface area (Å²) < 4.78 is 4.23. The molecule has 0 bridgehead atoms. The highest BCUT2D eigenvalue weighted by atomic mass is 16.5. The van der Waals surface area contributed by atoms with Gasteiger partial charge in [-0.3, -0.25) is 14.4 Å². The average molecular weight is 301 g/mol. The summed E-state index contributed by atoms with van der Waals surface area (Å²) in [6, 6.07) is 5.69. The number of ketones is 1. The number of hydrogen-bond donors (Lipinski definition) is 1. The molecule has 1 aromatic carbocycles. The van der Waals surface area contributed by atoms with Gasteiger partial charge in [-0.25, -0.2) is 9.69 Å². The van der Waals surface area contributed by atoms with Gasteiger partial charge in [0, 0.05) is 23.8 Å². The molecule has 112 valence electrons. The van der Waals surface area contributed by atoms with Crippen molar-refractivity contribution in [3.05, 3.63) is 48.1 Å². The third-order valence-corrected chi connectivity index (χ3v) is 2.88. The Labute approximate surface area is 125 Å². The molecule has 7 heteroatoms. The molecule has 0 radical (unpaired) electrons. The van der Waals surface area contributed by atoms with Crippen LogP contribution in [0.3, 0.4) is 0 Å². The monoisotopic (exact) mass is 301 g/mol. The van der Waals surface area contributed by atoms with Gasteiger partial charge in [-0.05, 0) is 24.3 Å². The second-order valence-electron chi connectivity index (χ2n) is 4.28. The van der Waals surface area contributed by atoms with E-state index < -0.39 is 29.3 Å². The second kappa shape index (κ2) is 6.04. The van der Waals surface area contributed by atoms with Crippen molar-refractivity contribution in [1.82, 2.24) is 0 Å². The minimum atomic E-state index is -1.09. The number of aliphatic hydroxyl groups excluding tert-OH is 1. The third-order valence-electron chi connectivity index (χ3n) is 2.88. The number of amides is 2. The van der Waals surface area contributed by atoms with Gasteiger partial charge in [0.15, 0.2) is 0 Å². The van der Waals surface area contributed by atoms with Crippen molar-refractivity contribution < 1.29 is 29.0 Å². The molecule has 0 aromatic heterocycles. The van der Waals surface area contributed by atoms with Gasteiger partial charge in [-0.15, -0.1) is 0 Å². The van der Waals surface area contributed by atoms with Gasteiger partial charge >= 0.3 is 5.97 Å². The van der Waals surface area contributed by atoms with Crippen LogP contribution in [0.15, 0.2) is 42.5 Å². The molecular weight excluding hydrogens is 290 g/mol. The molecule has 0 saturated carbocycles. The zero-order chi connectivity index (χ0) is 16.3. The van der Waals surface area contributed by atoms with Crippen molar-refractivity contribution >= 4 is 35.0 Å². The van der Waals surface area contributed by atoms with Gasteiger partial charge in [0.2, 0.25) is 0 Å². The van der Waals surface area contributed by atoms with Crippen molar-refractivity contribution in [3.63, 3.8) is 0 Å². The Morgan fingerprint density at radius 1 is 1.09 bits per heavy atom. The van der Waals surface area contributed by atoms with E-state index in [0.717, 1.165) is 30.2 Å². The van der Waals surface area contributed by atoms with Crippen molar-refractivity contribution in [3.8, 4) is 0 Å². The number of carbonyl (C=O) groups excluding carboxylic acids is 4. The highest BCUT2D eigenvalue weighted by molar-refractivity contribution is 6.39. The number of imide groups is 1. The molecule has 2 amide bonds. The first-order chi connectivity index (χ1) is 10.4. The molecule has 0 saturated heterocycles. The number of rotatable bonds is 4. The fourth-order valence-corrected chi connectivity index (χ4v) is 1.80. The van der Waals surface area contributed by atoms with Gasteiger partial charge < -0.3 is 9.84 Å². The summed E-state index contributed by atoms with van der Waals surface area (Å²) in [6.07, 6.45) is 3.04. The molecule has 1 aromatic rings. The van der Waals surface area contributed by atoms with Crippen LogP contribution in [0.4, 0.5) is 5.69 Å². The summed E-state index contributed by atoms with van der Waals surface area (Å²) in [5, 5.41) is 9.77. The van der Waals surface area contributed by atoms with Gasteiger partial charge in [0.1, 0.15) is 5.76 Å². The summed E-state index contributed by atoms with van der Waals surface area (Å²) in [5.41, 5.74) is 0.573. The van der Waals surface area contributed by atoms with Crippen molar-refractivity contribution in [2.75, 3.05) is 12.0 Å². The maximum Gasteiger partial charge on any atom is 0.378 e. The first kappa shape index (κ1) is 15.2. The van der Waals surface area contributed by atoms with Crippen LogP contribution < -0.4 is 4.90 Å². The minimum absolute atomic E-state index is 0.244. The molecule has 22 heavy (non-hydrogen) atoms. The molecule has 1 N–H and O–H groups in total. The summed E-state index contributed by atoms with van der Waals surface area (Å²) >= 11 is 0. The highest BCUT2D eigenvalue weighted by Crippen LogP contribution is 2.21. The Balaban J connectivity index is 2.20. The predicted octanol–water partition coefficient (Wildman–Crippen LogP) is 0.757. The molecule has 1 aliphatic heterocycles. The molecule has 1 aliphatic rings. The van der Waals surface area contributed by atoms with Crippen LogP contribution in [0.5, 0.6) is 0 Å². The standard InChI is InChI=1S/C15H11NO6/c1-22-15(21)12(18)8-11(17)9-2-4-10(5-3-9)16-13(19)6-7-14(16)20/h2-8,17H,1H3. The fraction of sp³-hybridized carbons (Fsp3) is 0.0667. The van der Waals surface area contributed by atoms with Crippen LogP contribution in [0.2, 0.25) is 0 Å². The summed E-state index contributed by atoms with van der Waals surface area (Å²) in [7, 11) is 1.05. The molecule has 2 rings (SSSR count). The van der Waals surface area contributed by atoms with E-state index in [0.29, 0.717) is 5.69 Å². The quantitative estimate of drug-likeness (QED) is 0.290. The second-order valence-corrected chi connectivity index (χ2v) is 4.28. The van der Waals surface area contributed by atoms with Crippen LogP contribution in [0, 0.1) is 0 Å². The normalized spacial score (nSPS) is 14.4. The highest BCUT2D eigenvalue weighted by Gasteiger charge is 2.25. The van der Waals surface area contributed by atoms with Crippen LogP contribution in [0.1, 0.15) is 5.56 Å². The van der Waals surface area contributed by atoms with Crippen LogP contribution >= 0.6 is 0 Å². The number of benzene rings is 1. The molecule has 0 unspecified atom stereocenters. The molecule has 0 atom stereocenters. The summed E-state index contributed by atoms with van der Waals surface area (Å²) in [6.45, 7) is 0. The maximum atomic E-state index is 11.5. The van der Waals surface area contributed by atoms with Gasteiger partial charge in [-0.1, -0.05) is 0 Å². The van der Waals surface area contributed by atoms with E-state index in [1.54, 1.807) is 0 Å². The smallest absolute Gasteiger partial charge is 0.378 e. The summed E-state index contributed by atoms with van der Waals surface area (Å²) in [5.74, 6) is -3.45. The van der Waals surface area contributed by atoms with E-state index >= 15 is 0 Å². The molecular formula is C15H11NO6. The third kappa shape index (κ3) is 2.93. The Morgan fingerprint density at radius 3 is 2.14 bits per heavy atom. The summed E-state index contributed by atoms with van der Waals surface area (Å²) in [4.78, 5) is 46.3. The number of nitrogens with zero attached hydrogens (tertiary/aromatic N) is 1. The number of carbonyl (C=O) groups is 4. The van der Waals surface area contributed by atoms with Crippen molar-refractivity contribution in [2.45, 2.75) is 0 Å².